The second-order valence-electron chi connectivity index (χ2n) is 7.60. The third-order valence-electron chi connectivity index (χ3n) is 5.43. The van der Waals surface area contributed by atoms with E-state index in [2.05, 4.69) is 0 Å². The van der Waals surface area contributed by atoms with Crippen LogP contribution in [0.5, 0.6) is 0 Å². The lowest BCUT2D eigenvalue weighted by molar-refractivity contribution is -0.405. The molecule has 0 amide bonds. The standard InChI is InChI=1S/C18H6N8O16/c27-19(28)7-4-10(22(33)34)15(11(5-7)23(35)36)17-13(25(39)40)6-12(24(37)38)16(18(17)26(41)42)14-8(20(29)30)2-1-3-9(14)21(31)32/h1-6H. The summed E-state index contributed by atoms with van der Waals surface area (Å²) in [6.07, 6.45) is 0. The number of hydrogen-bond donors (Lipinski definition) is 0. The van der Waals surface area contributed by atoms with Gasteiger partial charge in [-0.25, -0.2) is 0 Å². The summed E-state index contributed by atoms with van der Waals surface area (Å²) in [5.41, 5.74) is -19.4. The molecule has 0 radical (unpaired) electrons. The highest BCUT2D eigenvalue weighted by atomic mass is 16.7. The van der Waals surface area contributed by atoms with Crippen molar-refractivity contribution >= 4 is 45.5 Å². The first-order chi connectivity index (χ1) is 19.5. The van der Waals surface area contributed by atoms with Crippen LogP contribution in [0.2, 0.25) is 0 Å². The molecule has 0 saturated carbocycles. The number of nitrogens with zero attached hydrogens (tertiary/aromatic N) is 8. The summed E-state index contributed by atoms with van der Waals surface area (Å²) in [7, 11) is 0. The van der Waals surface area contributed by atoms with Gasteiger partial charge in [-0.3, -0.25) is 80.9 Å². The largest absolute Gasteiger partial charge is 0.299 e. The Morgan fingerprint density at radius 3 is 0.952 bits per heavy atom. The SMILES string of the molecule is O=[N+]([O-])c1cc([N+](=O)[O-])c(-c2c([N+](=O)[O-])cc([N+](=O)[O-])c(-c3c([N+](=O)[O-])cccc3[N+](=O)[O-])c2[N+](=O)[O-])c([N+](=O)[O-])c1. The Labute approximate surface area is 225 Å². The van der Waals surface area contributed by atoms with E-state index in [0.717, 1.165) is 6.07 Å². The molecule has 0 fully saturated rings. The van der Waals surface area contributed by atoms with Crippen LogP contribution in [-0.2, 0) is 0 Å². The first kappa shape index (κ1) is 29.4. The van der Waals surface area contributed by atoms with Gasteiger partial charge >= 0.3 is 0 Å². The summed E-state index contributed by atoms with van der Waals surface area (Å²) in [6.45, 7) is 0. The fraction of sp³-hybridized carbons (Fsp3) is 0. The topological polar surface area (TPSA) is 345 Å². The molecule has 214 valence electrons. The van der Waals surface area contributed by atoms with Crippen molar-refractivity contribution in [2.75, 3.05) is 0 Å². The molecule has 0 heterocycles. The molecule has 3 aromatic rings. The smallest absolute Gasteiger partial charge is 0.258 e. The summed E-state index contributed by atoms with van der Waals surface area (Å²) in [5.74, 6) is 0. The van der Waals surface area contributed by atoms with Gasteiger partial charge in [0.2, 0.25) is 0 Å². The van der Waals surface area contributed by atoms with Gasteiger partial charge < -0.3 is 0 Å². The van der Waals surface area contributed by atoms with Crippen molar-refractivity contribution in [2.45, 2.75) is 0 Å². The van der Waals surface area contributed by atoms with Crippen LogP contribution >= 0.6 is 0 Å². The molecule has 0 aliphatic rings. The summed E-state index contributed by atoms with van der Waals surface area (Å²) in [6, 6.07) is 1.75. The van der Waals surface area contributed by atoms with Crippen molar-refractivity contribution in [1.82, 2.24) is 0 Å². The number of nitro groups is 8. The molecule has 0 aliphatic heterocycles. The molecule has 0 bridgehead atoms. The van der Waals surface area contributed by atoms with Crippen molar-refractivity contribution in [3.05, 3.63) is 117 Å². The van der Waals surface area contributed by atoms with Crippen molar-refractivity contribution in [2.24, 2.45) is 0 Å². The minimum absolute atomic E-state index is 0.0459. The highest BCUT2D eigenvalue weighted by Crippen LogP contribution is 2.56. The Morgan fingerprint density at radius 1 is 0.357 bits per heavy atom. The molecule has 0 unspecified atom stereocenters. The Morgan fingerprint density at radius 2 is 0.667 bits per heavy atom. The molecule has 0 atom stereocenters. The van der Waals surface area contributed by atoms with Gasteiger partial charge in [-0.1, -0.05) is 0 Å². The number of benzene rings is 3. The minimum atomic E-state index is -1.99. The lowest BCUT2D eigenvalue weighted by Gasteiger charge is -2.11. The highest BCUT2D eigenvalue weighted by Gasteiger charge is 2.47. The average molecular weight is 590 g/mol. The van der Waals surface area contributed by atoms with E-state index < -0.39 is 107 Å². The molecule has 3 rings (SSSR count). The van der Waals surface area contributed by atoms with E-state index in [4.69, 9.17) is 0 Å². The van der Waals surface area contributed by atoms with E-state index in [1.807, 2.05) is 0 Å². The molecular formula is C18H6N8O16. The van der Waals surface area contributed by atoms with E-state index in [-0.39, 0.29) is 18.2 Å². The Kier molecular flexibility index (Phi) is 7.39. The van der Waals surface area contributed by atoms with Crippen LogP contribution in [0.15, 0.2) is 36.4 Å². The van der Waals surface area contributed by atoms with Crippen LogP contribution in [0.4, 0.5) is 45.5 Å². The van der Waals surface area contributed by atoms with Crippen molar-refractivity contribution in [1.29, 1.82) is 0 Å². The molecule has 0 aliphatic carbocycles. The fourth-order valence-electron chi connectivity index (χ4n) is 3.94. The lowest BCUT2D eigenvalue weighted by Crippen LogP contribution is -2.08. The third kappa shape index (κ3) is 4.86. The van der Waals surface area contributed by atoms with Gasteiger partial charge in [0.1, 0.15) is 0 Å². The lowest BCUT2D eigenvalue weighted by atomic mass is 9.89. The molecule has 0 N–H and O–H groups in total. The maximum Gasteiger partial charge on any atom is 0.299 e. The molecule has 24 heteroatoms. The van der Waals surface area contributed by atoms with Gasteiger partial charge in [0.15, 0.2) is 22.3 Å². The second kappa shape index (κ2) is 10.6. The minimum Gasteiger partial charge on any atom is -0.258 e. The predicted octanol–water partition coefficient (Wildman–Crippen LogP) is 4.29. The van der Waals surface area contributed by atoms with Crippen LogP contribution in [0.1, 0.15) is 0 Å². The number of hydrogen-bond acceptors (Lipinski definition) is 16. The van der Waals surface area contributed by atoms with Crippen molar-refractivity contribution in [3.8, 4) is 22.3 Å². The van der Waals surface area contributed by atoms with Gasteiger partial charge in [0.25, 0.3) is 45.5 Å². The zero-order valence-electron chi connectivity index (χ0n) is 19.6. The molecular weight excluding hydrogens is 584 g/mol. The second-order valence-corrected chi connectivity index (χ2v) is 7.60. The Hall–Kier alpha value is -7.14. The zero-order valence-corrected chi connectivity index (χ0v) is 19.6. The van der Waals surface area contributed by atoms with Gasteiger partial charge in [0, 0.05) is 12.1 Å². The first-order valence-corrected chi connectivity index (χ1v) is 10.2. The molecule has 0 aromatic heterocycles. The van der Waals surface area contributed by atoms with Gasteiger partial charge in [0.05, 0.1) is 57.6 Å². The molecule has 42 heavy (non-hydrogen) atoms. The van der Waals surface area contributed by atoms with Gasteiger partial charge in [-0.15, -0.1) is 0 Å². The Balaban J connectivity index is 2.89. The summed E-state index contributed by atoms with van der Waals surface area (Å²) >= 11 is 0. The van der Waals surface area contributed by atoms with Crippen molar-refractivity contribution in [3.63, 3.8) is 0 Å². The number of rotatable bonds is 10. The van der Waals surface area contributed by atoms with E-state index in [1.165, 1.54) is 0 Å². The molecule has 3 aromatic carbocycles. The van der Waals surface area contributed by atoms with Crippen LogP contribution in [-0.4, -0.2) is 39.4 Å². The maximum absolute atomic E-state index is 12.4. The van der Waals surface area contributed by atoms with Gasteiger partial charge in [-0.05, 0) is 6.07 Å². The first-order valence-electron chi connectivity index (χ1n) is 10.2. The van der Waals surface area contributed by atoms with Crippen molar-refractivity contribution < 1.29 is 39.4 Å². The Bertz CT molecular complexity index is 1750. The highest BCUT2D eigenvalue weighted by molar-refractivity contribution is 6.04. The summed E-state index contributed by atoms with van der Waals surface area (Å²) in [4.78, 5) is 82.8. The third-order valence-corrected chi connectivity index (χ3v) is 5.43. The summed E-state index contributed by atoms with van der Waals surface area (Å²) < 4.78 is 0. The van der Waals surface area contributed by atoms with E-state index in [1.54, 1.807) is 0 Å². The van der Waals surface area contributed by atoms with E-state index >= 15 is 0 Å². The van der Waals surface area contributed by atoms with Gasteiger partial charge in [-0.2, -0.15) is 0 Å². The van der Waals surface area contributed by atoms with E-state index in [9.17, 15) is 80.9 Å². The average Bonchev–Trinajstić information content (AvgIpc) is 2.89. The van der Waals surface area contributed by atoms with Crippen LogP contribution in [0, 0.1) is 80.9 Å². The van der Waals surface area contributed by atoms with Crippen LogP contribution in [0.3, 0.4) is 0 Å². The van der Waals surface area contributed by atoms with Crippen LogP contribution in [0.25, 0.3) is 22.3 Å². The fourth-order valence-corrected chi connectivity index (χ4v) is 3.94. The maximum atomic E-state index is 12.4. The van der Waals surface area contributed by atoms with Crippen LogP contribution < -0.4 is 0 Å². The normalized spacial score (nSPS) is 10.5. The number of nitro benzene ring substituents is 8. The monoisotopic (exact) mass is 590 g/mol. The van der Waals surface area contributed by atoms with E-state index in [0.29, 0.717) is 12.1 Å². The summed E-state index contributed by atoms with van der Waals surface area (Å²) in [5, 5.41) is 94.8. The predicted molar refractivity (Wildman–Crippen MR) is 131 cm³/mol. The quantitative estimate of drug-likeness (QED) is 0.234. The molecule has 0 saturated heterocycles. The molecule has 24 nitrogen and oxygen atoms in total. The number of non-ortho nitro benzene ring substituents is 1. The zero-order chi connectivity index (χ0) is 31.8. The molecule has 0 spiro atoms.